The van der Waals surface area contributed by atoms with Crippen LogP contribution < -0.4 is 9.47 Å². The molecule has 0 unspecified atom stereocenters. The van der Waals surface area contributed by atoms with Crippen molar-refractivity contribution < 1.29 is 22.7 Å². The number of hydrogen-bond acceptors (Lipinski definition) is 5. The molecule has 0 saturated carbocycles. The first-order valence-corrected chi connectivity index (χ1v) is 11.7. The zero-order chi connectivity index (χ0) is 22.4. The molecular formula is C22H25ClN2O5S. The fourth-order valence-corrected chi connectivity index (χ4v) is 4.98. The van der Waals surface area contributed by atoms with Gasteiger partial charge in [-0.1, -0.05) is 23.7 Å². The Morgan fingerprint density at radius 2 is 1.84 bits per heavy atom. The highest BCUT2D eigenvalue weighted by atomic mass is 35.5. The van der Waals surface area contributed by atoms with Crippen molar-refractivity contribution in [2.45, 2.75) is 11.8 Å². The molecule has 1 heterocycles. The number of piperazine rings is 1. The average Bonchev–Trinajstić information content (AvgIpc) is 2.78. The van der Waals surface area contributed by atoms with Gasteiger partial charge < -0.3 is 14.4 Å². The number of benzene rings is 2. The van der Waals surface area contributed by atoms with E-state index in [0.29, 0.717) is 36.2 Å². The number of rotatable bonds is 7. The van der Waals surface area contributed by atoms with Crippen molar-refractivity contribution >= 4 is 33.6 Å². The molecule has 1 amide bonds. The van der Waals surface area contributed by atoms with E-state index >= 15 is 0 Å². The summed E-state index contributed by atoms with van der Waals surface area (Å²) in [7, 11) is -2.08. The number of sulfonamides is 1. The number of nitrogens with zero attached hydrogens (tertiary/aromatic N) is 2. The van der Waals surface area contributed by atoms with Gasteiger partial charge in [-0.3, -0.25) is 4.79 Å². The normalized spacial score (nSPS) is 15.3. The molecule has 3 rings (SSSR count). The molecule has 1 aliphatic heterocycles. The predicted molar refractivity (Wildman–Crippen MR) is 120 cm³/mol. The van der Waals surface area contributed by atoms with Crippen LogP contribution in [-0.2, 0) is 14.8 Å². The minimum Gasteiger partial charge on any atom is -0.493 e. The fourth-order valence-electron chi connectivity index (χ4n) is 3.26. The SMILES string of the molecule is CCOc1ccc(/C=C/C(=O)N2CCN(S(=O)(=O)c3cccc(Cl)c3)CC2)cc1OC. The largest absolute Gasteiger partial charge is 0.493 e. The van der Waals surface area contributed by atoms with Crippen LogP contribution in [0.1, 0.15) is 12.5 Å². The molecule has 9 heteroatoms. The van der Waals surface area contributed by atoms with E-state index in [1.54, 1.807) is 42.4 Å². The van der Waals surface area contributed by atoms with Crippen LogP contribution in [0.15, 0.2) is 53.4 Å². The Balaban J connectivity index is 1.61. The van der Waals surface area contributed by atoms with Crippen molar-refractivity contribution in [3.8, 4) is 11.5 Å². The molecule has 0 radical (unpaired) electrons. The van der Waals surface area contributed by atoms with Crippen molar-refractivity contribution in [3.05, 3.63) is 59.1 Å². The smallest absolute Gasteiger partial charge is 0.246 e. The third kappa shape index (κ3) is 5.58. The summed E-state index contributed by atoms with van der Waals surface area (Å²) in [4.78, 5) is 14.4. The lowest BCUT2D eigenvalue weighted by molar-refractivity contribution is -0.127. The molecule has 2 aromatic carbocycles. The lowest BCUT2D eigenvalue weighted by atomic mass is 10.2. The van der Waals surface area contributed by atoms with E-state index < -0.39 is 10.0 Å². The third-order valence-corrected chi connectivity index (χ3v) is 7.02. The van der Waals surface area contributed by atoms with Crippen molar-refractivity contribution in [3.63, 3.8) is 0 Å². The van der Waals surface area contributed by atoms with Gasteiger partial charge in [0.1, 0.15) is 0 Å². The van der Waals surface area contributed by atoms with Gasteiger partial charge in [0.25, 0.3) is 0 Å². The van der Waals surface area contributed by atoms with Crippen LogP contribution in [0.3, 0.4) is 0 Å². The minimum atomic E-state index is -3.64. The highest BCUT2D eigenvalue weighted by Gasteiger charge is 2.29. The van der Waals surface area contributed by atoms with Crippen molar-refractivity contribution in [2.75, 3.05) is 39.9 Å². The molecule has 0 bridgehead atoms. The molecule has 1 saturated heterocycles. The summed E-state index contributed by atoms with van der Waals surface area (Å²) < 4.78 is 37.8. The van der Waals surface area contributed by atoms with E-state index in [9.17, 15) is 13.2 Å². The molecule has 0 aromatic heterocycles. The van der Waals surface area contributed by atoms with Crippen molar-refractivity contribution in [1.29, 1.82) is 0 Å². The number of halogens is 1. The van der Waals surface area contributed by atoms with Gasteiger partial charge in [0.2, 0.25) is 15.9 Å². The molecule has 0 atom stereocenters. The molecule has 0 N–H and O–H groups in total. The summed E-state index contributed by atoms with van der Waals surface area (Å²) in [5.74, 6) is 1.06. The number of carbonyl (C=O) groups is 1. The lowest BCUT2D eigenvalue weighted by Gasteiger charge is -2.33. The number of methoxy groups -OCH3 is 1. The van der Waals surface area contributed by atoms with E-state index in [2.05, 4.69) is 0 Å². The average molecular weight is 465 g/mol. The lowest BCUT2D eigenvalue weighted by Crippen LogP contribution is -2.50. The molecule has 1 fully saturated rings. The van der Waals surface area contributed by atoms with E-state index in [0.717, 1.165) is 5.56 Å². The van der Waals surface area contributed by atoms with Gasteiger partial charge in [-0.2, -0.15) is 4.31 Å². The quantitative estimate of drug-likeness (QED) is 0.588. The van der Waals surface area contributed by atoms with E-state index in [1.807, 2.05) is 13.0 Å². The second kappa shape index (κ2) is 10.2. The van der Waals surface area contributed by atoms with Crippen LogP contribution >= 0.6 is 11.6 Å². The maximum atomic E-state index is 12.8. The molecule has 0 spiro atoms. The summed E-state index contributed by atoms with van der Waals surface area (Å²) in [6.45, 7) is 3.51. The Labute approximate surface area is 187 Å². The molecule has 1 aliphatic rings. The molecule has 2 aromatic rings. The fraction of sp³-hybridized carbons (Fsp3) is 0.318. The first-order chi connectivity index (χ1) is 14.8. The van der Waals surface area contributed by atoms with Gasteiger partial charge >= 0.3 is 0 Å². The zero-order valence-corrected chi connectivity index (χ0v) is 19.0. The summed E-state index contributed by atoms with van der Waals surface area (Å²) in [5.41, 5.74) is 0.802. The monoisotopic (exact) mass is 464 g/mol. The van der Waals surface area contributed by atoms with Crippen LogP contribution in [0, 0.1) is 0 Å². The summed E-state index contributed by atoms with van der Waals surface area (Å²) >= 11 is 5.92. The Bertz CT molecular complexity index is 1060. The minimum absolute atomic E-state index is 0.157. The number of carbonyl (C=O) groups excluding carboxylic acids is 1. The zero-order valence-electron chi connectivity index (χ0n) is 17.5. The molecule has 31 heavy (non-hydrogen) atoms. The highest BCUT2D eigenvalue weighted by molar-refractivity contribution is 7.89. The Hall–Kier alpha value is -2.55. The highest BCUT2D eigenvalue weighted by Crippen LogP contribution is 2.28. The molecule has 166 valence electrons. The molecular weight excluding hydrogens is 440 g/mol. The van der Waals surface area contributed by atoms with Gasteiger partial charge in [-0.15, -0.1) is 0 Å². The molecule has 0 aliphatic carbocycles. The third-order valence-electron chi connectivity index (χ3n) is 4.89. The van der Waals surface area contributed by atoms with Gasteiger partial charge in [0, 0.05) is 37.3 Å². The second-order valence-corrected chi connectivity index (χ2v) is 9.24. The Kier molecular flexibility index (Phi) is 7.59. The summed E-state index contributed by atoms with van der Waals surface area (Å²) in [5, 5.41) is 0.367. The summed E-state index contributed by atoms with van der Waals surface area (Å²) in [6.07, 6.45) is 3.19. The van der Waals surface area contributed by atoms with E-state index in [-0.39, 0.29) is 23.9 Å². The van der Waals surface area contributed by atoms with Crippen LogP contribution in [-0.4, -0.2) is 63.4 Å². The Morgan fingerprint density at radius 3 is 2.48 bits per heavy atom. The predicted octanol–water partition coefficient (Wildman–Crippen LogP) is 3.29. The van der Waals surface area contributed by atoms with E-state index in [1.165, 1.54) is 22.5 Å². The molecule has 7 nitrogen and oxygen atoms in total. The van der Waals surface area contributed by atoms with Gasteiger partial charge in [-0.05, 0) is 48.9 Å². The van der Waals surface area contributed by atoms with Gasteiger partial charge in [0.05, 0.1) is 18.6 Å². The van der Waals surface area contributed by atoms with Crippen LogP contribution in [0.25, 0.3) is 6.08 Å². The topological polar surface area (TPSA) is 76.2 Å². The summed E-state index contributed by atoms with van der Waals surface area (Å²) in [6, 6.07) is 11.6. The standard InChI is InChI=1S/C22H25ClN2O5S/c1-3-30-20-9-7-17(15-21(20)29-2)8-10-22(26)24-11-13-25(14-12-24)31(27,28)19-6-4-5-18(23)16-19/h4-10,15-16H,3,11-14H2,1-2H3/b10-8+. The maximum absolute atomic E-state index is 12.8. The van der Waals surface area contributed by atoms with Crippen molar-refractivity contribution in [1.82, 2.24) is 9.21 Å². The number of amides is 1. The maximum Gasteiger partial charge on any atom is 0.246 e. The van der Waals surface area contributed by atoms with Crippen molar-refractivity contribution in [2.24, 2.45) is 0 Å². The van der Waals surface area contributed by atoms with Crippen LogP contribution in [0.4, 0.5) is 0 Å². The van der Waals surface area contributed by atoms with Gasteiger partial charge in [0.15, 0.2) is 11.5 Å². The number of ether oxygens (including phenoxy) is 2. The Morgan fingerprint density at radius 1 is 1.10 bits per heavy atom. The van der Waals surface area contributed by atoms with Gasteiger partial charge in [-0.25, -0.2) is 8.42 Å². The van der Waals surface area contributed by atoms with Crippen LogP contribution in [0.5, 0.6) is 11.5 Å². The first-order valence-electron chi connectivity index (χ1n) is 9.88. The van der Waals surface area contributed by atoms with E-state index in [4.69, 9.17) is 21.1 Å². The second-order valence-electron chi connectivity index (χ2n) is 6.86. The van der Waals surface area contributed by atoms with Crippen LogP contribution in [0.2, 0.25) is 5.02 Å². The number of hydrogen-bond donors (Lipinski definition) is 0. The first kappa shape index (κ1) is 23.1.